The van der Waals surface area contributed by atoms with Crippen molar-refractivity contribution >= 4 is 40.8 Å². The highest BCUT2D eigenvalue weighted by molar-refractivity contribution is 7.80. The first-order valence-corrected chi connectivity index (χ1v) is 11.1. The number of benzene rings is 1. The van der Waals surface area contributed by atoms with E-state index in [1.807, 2.05) is 0 Å². The standard InChI is InChI=1S/C21H29F2N5O4S/c1-13(33)24-11-15-12-27(19(29)31-15)14-9-16(22)18(17(23)10-14)26-6-5-25-28(8-7-26)20(30)32-21(2,3)4/h9-10,15,25H,5-8,11-12H2,1-4H3,(H,24,33)/t15-/m0/s1. The van der Waals surface area contributed by atoms with E-state index >= 15 is 8.78 Å². The summed E-state index contributed by atoms with van der Waals surface area (Å²) in [5, 5.41) is 4.21. The first kappa shape index (κ1) is 24.9. The van der Waals surface area contributed by atoms with E-state index in [0.29, 0.717) is 11.5 Å². The van der Waals surface area contributed by atoms with E-state index in [2.05, 4.69) is 10.7 Å². The van der Waals surface area contributed by atoms with Crippen molar-refractivity contribution in [3.63, 3.8) is 0 Å². The minimum absolute atomic E-state index is 0.0728. The van der Waals surface area contributed by atoms with Gasteiger partial charge in [0.15, 0.2) is 11.6 Å². The summed E-state index contributed by atoms with van der Waals surface area (Å²) < 4.78 is 40.6. The number of carbonyl (C=O) groups excluding carboxylic acids is 2. The maximum absolute atomic E-state index is 15.0. The quantitative estimate of drug-likeness (QED) is 0.630. The Bertz CT molecular complexity index is 903. The van der Waals surface area contributed by atoms with Gasteiger partial charge >= 0.3 is 12.2 Å². The van der Waals surface area contributed by atoms with E-state index in [4.69, 9.17) is 21.7 Å². The molecule has 0 bridgehead atoms. The second-order valence-corrected chi connectivity index (χ2v) is 9.45. The molecule has 1 aromatic carbocycles. The fourth-order valence-corrected chi connectivity index (χ4v) is 3.62. The van der Waals surface area contributed by atoms with Crippen LogP contribution in [0.4, 0.5) is 29.7 Å². The molecule has 33 heavy (non-hydrogen) atoms. The van der Waals surface area contributed by atoms with Gasteiger partial charge in [-0.15, -0.1) is 0 Å². The number of ether oxygens (including phenoxy) is 2. The van der Waals surface area contributed by atoms with E-state index in [1.54, 1.807) is 27.7 Å². The number of nitrogens with zero attached hydrogens (tertiary/aromatic N) is 3. The van der Waals surface area contributed by atoms with Crippen molar-refractivity contribution in [1.82, 2.24) is 15.8 Å². The van der Waals surface area contributed by atoms with Crippen molar-refractivity contribution in [2.24, 2.45) is 0 Å². The third-order valence-corrected chi connectivity index (χ3v) is 5.12. The second-order valence-electron chi connectivity index (χ2n) is 8.84. The van der Waals surface area contributed by atoms with Gasteiger partial charge in [-0.1, -0.05) is 12.2 Å². The molecule has 3 rings (SSSR count). The maximum Gasteiger partial charge on any atom is 0.424 e. The van der Waals surface area contributed by atoms with Gasteiger partial charge in [0.1, 0.15) is 17.4 Å². The molecule has 1 atom stereocenters. The molecular formula is C21H29F2N5O4S. The number of thiocarbonyl (C=S) groups is 1. The smallest absolute Gasteiger partial charge is 0.424 e. The molecule has 0 saturated carbocycles. The van der Waals surface area contributed by atoms with Crippen LogP contribution in [0.25, 0.3) is 0 Å². The van der Waals surface area contributed by atoms with E-state index < -0.39 is 35.5 Å². The summed E-state index contributed by atoms with van der Waals surface area (Å²) in [5.74, 6) is -1.61. The SMILES string of the molecule is CC(=S)NC[C@H]1CN(c2cc(F)c(N3CCNN(C(=O)OC(C)(C)C)CC3)c(F)c2)C(=O)O1. The molecule has 2 saturated heterocycles. The normalized spacial score (nSPS) is 19.3. The summed E-state index contributed by atoms with van der Waals surface area (Å²) in [4.78, 5) is 27.8. The van der Waals surface area contributed by atoms with Gasteiger partial charge in [0.05, 0.1) is 30.3 Å². The van der Waals surface area contributed by atoms with Crippen LogP contribution in [-0.4, -0.2) is 73.2 Å². The largest absolute Gasteiger partial charge is 0.443 e. The summed E-state index contributed by atoms with van der Waals surface area (Å²) in [6.07, 6.45) is -1.72. The molecule has 2 amide bonds. The van der Waals surface area contributed by atoms with Crippen LogP contribution in [0.1, 0.15) is 27.7 Å². The Morgan fingerprint density at radius 3 is 2.55 bits per heavy atom. The molecule has 9 nitrogen and oxygen atoms in total. The van der Waals surface area contributed by atoms with Gasteiger partial charge < -0.3 is 19.7 Å². The second kappa shape index (κ2) is 10.0. The molecule has 1 aromatic rings. The van der Waals surface area contributed by atoms with Crippen LogP contribution in [0, 0.1) is 11.6 Å². The fraction of sp³-hybridized carbons (Fsp3) is 0.571. The van der Waals surface area contributed by atoms with Crippen LogP contribution < -0.4 is 20.5 Å². The predicted octanol–water partition coefficient (Wildman–Crippen LogP) is 2.79. The molecule has 2 N–H and O–H groups in total. The molecule has 2 aliphatic rings. The molecule has 12 heteroatoms. The van der Waals surface area contributed by atoms with Gasteiger partial charge in [-0.2, -0.15) is 0 Å². The number of hydrazine groups is 1. The number of anilines is 2. The van der Waals surface area contributed by atoms with Gasteiger partial charge in [-0.3, -0.25) is 4.90 Å². The number of cyclic esters (lactones) is 1. The first-order valence-electron chi connectivity index (χ1n) is 10.6. The molecule has 0 aliphatic carbocycles. The van der Waals surface area contributed by atoms with Crippen molar-refractivity contribution in [3.05, 3.63) is 23.8 Å². The highest BCUT2D eigenvalue weighted by Crippen LogP contribution is 2.31. The summed E-state index contributed by atoms with van der Waals surface area (Å²) in [6, 6.07) is 2.23. The molecule has 0 aromatic heterocycles. The average Bonchev–Trinajstić information content (AvgIpc) is 2.90. The van der Waals surface area contributed by atoms with Crippen LogP contribution in [0.5, 0.6) is 0 Å². The van der Waals surface area contributed by atoms with Crippen molar-refractivity contribution in [2.75, 3.05) is 49.1 Å². The van der Waals surface area contributed by atoms with Crippen LogP contribution in [0.3, 0.4) is 0 Å². The Hall–Kier alpha value is -2.73. The van der Waals surface area contributed by atoms with Crippen LogP contribution in [0.2, 0.25) is 0 Å². The number of rotatable bonds is 4. The summed E-state index contributed by atoms with van der Waals surface area (Å²) in [5.41, 5.74) is 2.12. The van der Waals surface area contributed by atoms with Gasteiger partial charge in [0.2, 0.25) is 0 Å². The lowest BCUT2D eigenvalue weighted by Crippen LogP contribution is -2.46. The zero-order chi connectivity index (χ0) is 24.3. The van der Waals surface area contributed by atoms with E-state index in [0.717, 1.165) is 12.1 Å². The Labute approximate surface area is 196 Å². The van der Waals surface area contributed by atoms with Crippen molar-refractivity contribution in [2.45, 2.75) is 39.4 Å². The molecule has 182 valence electrons. The first-order chi connectivity index (χ1) is 15.4. The average molecular weight is 486 g/mol. The van der Waals surface area contributed by atoms with E-state index in [1.165, 1.54) is 14.8 Å². The monoisotopic (exact) mass is 485 g/mol. The Balaban J connectivity index is 1.70. The highest BCUT2D eigenvalue weighted by atomic mass is 32.1. The van der Waals surface area contributed by atoms with Crippen LogP contribution >= 0.6 is 12.2 Å². The topological polar surface area (TPSA) is 86.4 Å². The number of hydrogen-bond donors (Lipinski definition) is 2. The van der Waals surface area contributed by atoms with Gasteiger partial charge in [0.25, 0.3) is 0 Å². The van der Waals surface area contributed by atoms with Gasteiger partial charge in [-0.05, 0) is 27.7 Å². The minimum atomic E-state index is -0.806. The number of hydrogen-bond acceptors (Lipinski definition) is 7. The molecule has 2 aliphatic heterocycles. The predicted molar refractivity (Wildman–Crippen MR) is 123 cm³/mol. The molecule has 0 unspecified atom stereocenters. The minimum Gasteiger partial charge on any atom is -0.443 e. The molecule has 2 heterocycles. The van der Waals surface area contributed by atoms with Gasteiger partial charge in [0, 0.05) is 31.8 Å². The summed E-state index contributed by atoms with van der Waals surface area (Å²) in [6.45, 7) is 8.35. The third kappa shape index (κ3) is 6.41. The van der Waals surface area contributed by atoms with Crippen molar-refractivity contribution < 1.29 is 27.8 Å². The molecule has 0 spiro atoms. The molecule has 2 fully saturated rings. The Kier molecular flexibility index (Phi) is 7.58. The third-order valence-electron chi connectivity index (χ3n) is 4.97. The Morgan fingerprint density at radius 1 is 1.27 bits per heavy atom. The lowest BCUT2D eigenvalue weighted by atomic mass is 10.2. The van der Waals surface area contributed by atoms with E-state index in [-0.39, 0.29) is 44.1 Å². The number of halogens is 2. The number of nitrogens with one attached hydrogen (secondary N) is 2. The van der Waals surface area contributed by atoms with Gasteiger partial charge in [-0.25, -0.2) is 28.8 Å². The number of carbonyl (C=O) groups is 2. The summed E-state index contributed by atoms with van der Waals surface area (Å²) in [7, 11) is 0. The zero-order valence-electron chi connectivity index (χ0n) is 19.1. The summed E-state index contributed by atoms with van der Waals surface area (Å²) >= 11 is 4.95. The molecular weight excluding hydrogens is 456 g/mol. The van der Waals surface area contributed by atoms with Crippen molar-refractivity contribution in [3.8, 4) is 0 Å². The zero-order valence-corrected chi connectivity index (χ0v) is 19.9. The lowest BCUT2D eigenvalue weighted by Gasteiger charge is -2.27. The molecule has 0 radical (unpaired) electrons. The number of amides is 2. The highest BCUT2D eigenvalue weighted by Gasteiger charge is 2.34. The Morgan fingerprint density at radius 2 is 1.94 bits per heavy atom. The lowest BCUT2D eigenvalue weighted by molar-refractivity contribution is 0.0161. The van der Waals surface area contributed by atoms with Crippen LogP contribution in [-0.2, 0) is 9.47 Å². The van der Waals surface area contributed by atoms with Crippen molar-refractivity contribution in [1.29, 1.82) is 0 Å². The van der Waals surface area contributed by atoms with Crippen LogP contribution in [0.15, 0.2) is 12.1 Å². The fourth-order valence-electron chi connectivity index (χ4n) is 3.53. The van der Waals surface area contributed by atoms with E-state index in [9.17, 15) is 9.59 Å². The maximum atomic E-state index is 15.0.